The van der Waals surface area contributed by atoms with Crippen molar-refractivity contribution in [3.05, 3.63) is 0 Å². The number of hydrogen-bond acceptors (Lipinski definition) is 1. The average molecular weight is 141 g/mol. The van der Waals surface area contributed by atoms with Crippen LogP contribution in [0.25, 0.3) is 0 Å². The number of nitrogens with one attached hydrogen (secondary N) is 1. The summed E-state index contributed by atoms with van der Waals surface area (Å²) in [5.74, 6) is 2.74. The molecule has 1 heterocycles. The summed E-state index contributed by atoms with van der Waals surface area (Å²) >= 11 is 0. The second kappa shape index (κ2) is 3.38. The van der Waals surface area contributed by atoms with Gasteiger partial charge < -0.3 is 5.32 Å². The molecule has 1 heteroatoms. The van der Waals surface area contributed by atoms with E-state index in [9.17, 15) is 0 Å². The van der Waals surface area contributed by atoms with Crippen molar-refractivity contribution in [2.24, 2.45) is 17.8 Å². The van der Waals surface area contributed by atoms with E-state index >= 15 is 0 Å². The molecule has 10 heavy (non-hydrogen) atoms. The molecule has 1 fully saturated rings. The van der Waals surface area contributed by atoms with Gasteiger partial charge in [0.1, 0.15) is 0 Å². The lowest BCUT2D eigenvalue weighted by Gasteiger charge is -2.20. The van der Waals surface area contributed by atoms with E-state index in [4.69, 9.17) is 0 Å². The Hall–Kier alpha value is -0.0400. The summed E-state index contributed by atoms with van der Waals surface area (Å²) in [6.07, 6.45) is 1.34. The third-order valence-electron chi connectivity index (χ3n) is 2.77. The summed E-state index contributed by atoms with van der Waals surface area (Å²) in [5.41, 5.74) is 0. The molecule has 1 aliphatic heterocycles. The first-order valence-corrected chi connectivity index (χ1v) is 4.46. The quantitative estimate of drug-likeness (QED) is 0.619. The third kappa shape index (κ3) is 1.51. The molecule has 1 nitrogen and oxygen atoms in total. The highest BCUT2D eigenvalue weighted by molar-refractivity contribution is 4.81. The predicted molar refractivity (Wildman–Crippen MR) is 45.0 cm³/mol. The summed E-state index contributed by atoms with van der Waals surface area (Å²) in [6.45, 7) is 9.46. The molecule has 0 radical (unpaired) electrons. The molecule has 1 aliphatic rings. The van der Waals surface area contributed by atoms with Crippen LogP contribution >= 0.6 is 0 Å². The summed E-state index contributed by atoms with van der Waals surface area (Å²) in [7, 11) is 0. The maximum atomic E-state index is 3.45. The second-order valence-corrected chi connectivity index (χ2v) is 3.73. The van der Waals surface area contributed by atoms with Gasteiger partial charge in [-0.15, -0.1) is 0 Å². The molecule has 2 atom stereocenters. The maximum Gasteiger partial charge on any atom is -0.00148 e. The minimum absolute atomic E-state index is 0.861. The van der Waals surface area contributed by atoms with E-state index in [0.29, 0.717) is 0 Å². The van der Waals surface area contributed by atoms with Gasteiger partial charge in [0, 0.05) is 0 Å². The fraction of sp³-hybridized carbons (Fsp3) is 1.00. The fourth-order valence-electron chi connectivity index (χ4n) is 1.98. The standard InChI is InChI=1S/C9H19N/c1-4-8-5-10-6-9(8)7(2)3/h7-10H,4-6H2,1-3H3. The van der Waals surface area contributed by atoms with Gasteiger partial charge in [-0.1, -0.05) is 27.2 Å². The molecule has 1 rings (SSSR count). The highest BCUT2D eigenvalue weighted by atomic mass is 14.9. The zero-order valence-corrected chi connectivity index (χ0v) is 7.35. The molecule has 1 saturated heterocycles. The Balaban J connectivity index is 2.42. The molecule has 0 aliphatic carbocycles. The summed E-state index contributed by atoms with van der Waals surface area (Å²) in [6, 6.07) is 0. The van der Waals surface area contributed by atoms with Crippen LogP contribution in [0.15, 0.2) is 0 Å². The van der Waals surface area contributed by atoms with Crippen LogP contribution in [0.2, 0.25) is 0 Å². The highest BCUT2D eigenvalue weighted by Crippen LogP contribution is 2.26. The number of rotatable bonds is 2. The smallest absolute Gasteiger partial charge is 0.00148 e. The molecule has 0 saturated carbocycles. The Morgan fingerprint density at radius 2 is 2.10 bits per heavy atom. The summed E-state index contributed by atoms with van der Waals surface area (Å²) in [5, 5.41) is 3.45. The molecule has 0 bridgehead atoms. The van der Waals surface area contributed by atoms with E-state index in [0.717, 1.165) is 17.8 Å². The van der Waals surface area contributed by atoms with Crippen molar-refractivity contribution in [1.82, 2.24) is 5.32 Å². The summed E-state index contributed by atoms with van der Waals surface area (Å²) < 4.78 is 0. The molecule has 1 N–H and O–H groups in total. The summed E-state index contributed by atoms with van der Waals surface area (Å²) in [4.78, 5) is 0. The van der Waals surface area contributed by atoms with Gasteiger partial charge in [0.15, 0.2) is 0 Å². The molecule has 0 aromatic heterocycles. The van der Waals surface area contributed by atoms with Crippen LogP contribution < -0.4 is 5.32 Å². The molecule has 2 unspecified atom stereocenters. The van der Waals surface area contributed by atoms with Gasteiger partial charge in [0.05, 0.1) is 0 Å². The van der Waals surface area contributed by atoms with Crippen LogP contribution in [0.1, 0.15) is 27.2 Å². The van der Waals surface area contributed by atoms with E-state index in [-0.39, 0.29) is 0 Å². The lowest BCUT2D eigenvalue weighted by atomic mass is 9.85. The van der Waals surface area contributed by atoms with Crippen molar-refractivity contribution in [3.63, 3.8) is 0 Å². The monoisotopic (exact) mass is 141 g/mol. The minimum atomic E-state index is 0.861. The molecule has 0 aromatic carbocycles. The van der Waals surface area contributed by atoms with Crippen molar-refractivity contribution < 1.29 is 0 Å². The van der Waals surface area contributed by atoms with E-state index in [1.165, 1.54) is 19.5 Å². The molecule has 0 amide bonds. The Morgan fingerprint density at radius 1 is 1.40 bits per heavy atom. The topological polar surface area (TPSA) is 12.0 Å². The van der Waals surface area contributed by atoms with Gasteiger partial charge in [-0.2, -0.15) is 0 Å². The van der Waals surface area contributed by atoms with E-state index in [1.807, 2.05) is 0 Å². The van der Waals surface area contributed by atoms with Crippen molar-refractivity contribution in [2.75, 3.05) is 13.1 Å². The van der Waals surface area contributed by atoms with Crippen molar-refractivity contribution in [3.8, 4) is 0 Å². The van der Waals surface area contributed by atoms with Crippen molar-refractivity contribution in [2.45, 2.75) is 27.2 Å². The Labute approximate surface area is 64.2 Å². The molecule has 60 valence electrons. The maximum absolute atomic E-state index is 3.45. The van der Waals surface area contributed by atoms with Gasteiger partial charge in [-0.25, -0.2) is 0 Å². The van der Waals surface area contributed by atoms with Crippen LogP contribution in [0.3, 0.4) is 0 Å². The number of hydrogen-bond donors (Lipinski definition) is 1. The van der Waals surface area contributed by atoms with Crippen LogP contribution in [0.4, 0.5) is 0 Å². The van der Waals surface area contributed by atoms with Crippen LogP contribution in [-0.2, 0) is 0 Å². The Morgan fingerprint density at radius 3 is 2.50 bits per heavy atom. The van der Waals surface area contributed by atoms with E-state index in [1.54, 1.807) is 0 Å². The normalized spacial score (nSPS) is 33.6. The predicted octanol–water partition coefficient (Wildman–Crippen LogP) is 1.89. The van der Waals surface area contributed by atoms with Gasteiger partial charge in [-0.3, -0.25) is 0 Å². The third-order valence-corrected chi connectivity index (χ3v) is 2.77. The lowest BCUT2D eigenvalue weighted by molar-refractivity contribution is 0.313. The van der Waals surface area contributed by atoms with Crippen molar-refractivity contribution in [1.29, 1.82) is 0 Å². The lowest BCUT2D eigenvalue weighted by Crippen LogP contribution is -2.17. The fourth-order valence-corrected chi connectivity index (χ4v) is 1.98. The first kappa shape index (κ1) is 8.06. The van der Waals surface area contributed by atoms with Crippen LogP contribution in [0, 0.1) is 17.8 Å². The van der Waals surface area contributed by atoms with Crippen LogP contribution in [-0.4, -0.2) is 13.1 Å². The molecular weight excluding hydrogens is 122 g/mol. The van der Waals surface area contributed by atoms with Gasteiger partial charge in [0.2, 0.25) is 0 Å². The SMILES string of the molecule is CCC1CNCC1C(C)C. The van der Waals surface area contributed by atoms with Gasteiger partial charge in [0.25, 0.3) is 0 Å². The van der Waals surface area contributed by atoms with Crippen molar-refractivity contribution >= 4 is 0 Å². The van der Waals surface area contributed by atoms with Gasteiger partial charge in [-0.05, 0) is 30.8 Å². The van der Waals surface area contributed by atoms with Gasteiger partial charge >= 0.3 is 0 Å². The second-order valence-electron chi connectivity index (χ2n) is 3.73. The zero-order chi connectivity index (χ0) is 7.56. The van der Waals surface area contributed by atoms with E-state index in [2.05, 4.69) is 26.1 Å². The Bertz CT molecular complexity index is 98.9. The first-order valence-electron chi connectivity index (χ1n) is 4.46. The Kier molecular flexibility index (Phi) is 2.72. The van der Waals surface area contributed by atoms with E-state index < -0.39 is 0 Å². The first-order chi connectivity index (χ1) is 4.75. The highest BCUT2D eigenvalue weighted by Gasteiger charge is 2.27. The molecule has 0 aromatic rings. The minimum Gasteiger partial charge on any atom is -0.316 e. The largest absolute Gasteiger partial charge is 0.316 e. The van der Waals surface area contributed by atoms with Crippen LogP contribution in [0.5, 0.6) is 0 Å². The molecular formula is C9H19N. The molecule has 0 spiro atoms. The average Bonchev–Trinajstić information content (AvgIpc) is 2.33. The zero-order valence-electron chi connectivity index (χ0n) is 7.35.